The van der Waals surface area contributed by atoms with E-state index >= 15 is 0 Å². The van der Waals surface area contributed by atoms with Gasteiger partial charge in [-0.15, -0.1) is 5.10 Å². The second-order valence-corrected chi connectivity index (χ2v) is 3.77. The number of rotatable bonds is 3. The van der Waals surface area contributed by atoms with Crippen LogP contribution < -0.4 is 10.5 Å². The lowest BCUT2D eigenvalue weighted by Gasteiger charge is -2.00. The first-order chi connectivity index (χ1) is 8.81. The summed E-state index contributed by atoms with van der Waals surface area (Å²) >= 11 is 0. The molecule has 0 aliphatic carbocycles. The summed E-state index contributed by atoms with van der Waals surface area (Å²) in [5, 5.41) is 4.27. The van der Waals surface area contributed by atoms with Crippen molar-refractivity contribution in [3.63, 3.8) is 0 Å². The number of anilines is 1. The van der Waals surface area contributed by atoms with Crippen LogP contribution in [0.5, 0.6) is 5.75 Å². The number of aromatic nitrogens is 4. The fourth-order valence-corrected chi connectivity index (χ4v) is 1.58. The van der Waals surface area contributed by atoms with Gasteiger partial charge in [-0.3, -0.25) is 4.98 Å². The normalized spacial score (nSPS) is 10.7. The van der Waals surface area contributed by atoms with Crippen LogP contribution in [0.15, 0.2) is 42.9 Å². The number of pyridine rings is 2. The molecule has 0 aliphatic heterocycles. The van der Waals surface area contributed by atoms with Crippen molar-refractivity contribution in [1.82, 2.24) is 19.6 Å². The summed E-state index contributed by atoms with van der Waals surface area (Å²) in [7, 11) is 0. The minimum atomic E-state index is 0.299. The van der Waals surface area contributed by atoms with Crippen molar-refractivity contribution < 1.29 is 4.74 Å². The van der Waals surface area contributed by atoms with Crippen molar-refractivity contribution in [2.75, 3.05) is 5.73 Å². The van der Waals surface area contributed by atoms with E-state index in [9.17, 15) is 0 Å². The van der Waals surface area contributed by atoms with Gasteiger partial charge in [0.15, 0.2) is 11.5 Å². The molecule has 3 aromatic heterocycles. The van der Waals surface area contributed by atoms with Gasteiger partial charge in [-0.2, -0.15) is 0 Å². The van der Waals surface area contributed by atoms with Crippen molar-refractivity contribution in [3.05, 3.63) is 48.7 Å². The Kier molecular flexibility index (Phi) is 2.53. The minimum Gasteiger partial charge on any atom is -0.484 e. The summed E-state index contributed by atoms with van der Waals surface area (Å²) in [5.41, 5.74) is 7.05. The molecule has 2 N–H and O–H groups in total. The molecule has 0 fully saturated rings. The number of hydrogen-bond donors (Lipinski definition) is 1. The molecule has 0 spiro atoms. The predicted octanol–water partition coefficient (Wildman–Crippen LogP) is 1.29. The molecule has 90 valence electrons. The third-order valence-electron chi connectivity index (χ3n) is 2.41. The van der Waals surface area contributed by atoms with Crippen LogP contribution in [0.2, 0.25) is 0 Å². The zero-order valence-electron chi connectivity index (χ0n) is 9.52. The molecule has 0 unspecified atom stereocenters. The van der Waals surface area contributed by atoms with Crippen LogP contribution in [0.25, 0.3) is 5.65 Å². The second-order valence-electron chi connectivity index (χ2n) is 3.77. The number of nitrogen functional groups attached to an aromatic ring is 1. The average molecular weight is 241 g/mol. The fourth-order valence-electron chi connectivity index (χ4n) is 1.58. The first kappa shape index (κ1) is 10.5. The van der Waals surface area contributed by atoms with Gasteiger partial charge in [-0.25, -0.2) is 9.50 Å². The Balaban J connectivity index is 1.79. The van der Waals surface area contributed by atoms with Gasteiger partial charge in [-0.05, 0) is 18.2 Å². The lowest BCUT2D eigenvalue weighted by molar-refractivity contribution is 0.295. The van der Waals surface area contributed by atoms with Gasteiger partial charge in [0.25, 0.3) is 0 Å². The molecule has 6 heteroatoms. The Morgan fingerprint density at radius 3 is 3.11 bits per heavy atom. The van der Waals surface area contributed by atoms with E-state index in [1.54, 1.807) is 35.2 Å². The quantitative estimate of drug-likeness (QED) is 0.747. The highest BCUT2D eigenvalue weighted by atomic mass is 16.5. The molecule has 0 saturated carbocycles. The third kappa shape index (κ3) is 2.08. The van der Waals surface area contributed by atoms with E-state index in [2.05, 4.69) is 15.1 Å². The second kappa shape index (κ2) is 4.33. The van der Waals surface area contributed by atoms with Crippen LogP contribution in [-0.4, -0.2) is 19.6 Å². The van der Waals surface area contributed by atoms with Crippen LogP contribution in [0, 0.1) is 0 Å². The largest absolute Gasteiger partial charge is 0.484 e. The Hall–Kier alpha value is -2.63. The van der Waals surface area contributed by atoms with Gasteiger partial charge in [0.2, 0.25) is 0 Å². The molecule has 3 rings (SSSR count). The maximum atomic E-state index is 5.68. The number of fused-ring (bicyclic) bond motifs is 1. The first-order valence-corrected chi connectivity index (χ1v) is 5.45. The highest BCUT2D eigenvalue weighted by molar-refractivity contribution is 5.50. The summed E-state index contributed by atoms with van der Waals surface area (Å²) in [6, 6.07) is 7.18. The van der Waals surface area contributed by atoms with Gasteiger partial charge >= 0.3 is 0 Å². The predicted molar refractivity (Wildman–Crippen MR) is 66.0 cm³/mol. The van der Waals surface area contributed by atoms with Crippen molar-refractivity contribution in [2.24, 2.45) is 0 Å². The molecule has 0 bridgehead atoms. The van der Waals surface area contributed by atoms with Crippen LogP contribution in [0.3, 0.4) is 0 Å². The summed E-state index contributed by atoms with van der Waals surface area (Å²) in [6.07, 6.45) is 5.11. The molecule has 0 amide bonds. The molecule has 0 atom stereocenters. The smallest absolute Gasteiger partial charge is 0.189 e. The summed E-state index contributed by atoms with van der Waals surface area (Å²) in [5.74, 6) is 1.29. The third-order valence-corrected chi connectivity index (χ3v) is 2.41. The number of nitrogens with zero attached hydrogens (tertiary/aromatic N) is 4. The van der Waals surface area contributed by atoms with Gasteiger partial charge in [0.1, 0.15) is 12.4 Å². The molecule has 0 saturated heterocycles. The summed E-state index contributed by atoms with van der Waals surface area (Å²) in [4.78, 5) is 8.28. The van der Waals surface area contributed by atoms with Crippen LogP contribution in [0.1, 0.15) is 5.82 Å². The van der Waals surface area contributed by atoms with E-state index in [-0.39, 0.29) is 0 Å². The first-order valence-electron chi connectivity index (χ1n) is 5.45. The highest BCUT2D eigenvalue weighted by Gasteiger charge is 2.04. The monoisotopic (exact) mass is 241 g/mol. The van der Waals surface area contributed by atoms with Crippen molar-refractivity contribution in [3.8, 4) is 5.75 Å². The van der Waals surface area contributed by atoms with E-state index in [1.807, 2.05) is 12.1 Å². The Morgan fingerprint density at radius 1 is 1.33 bits per heavy atom. The van der Waals surface area contributed by atoms with Gasteiger partial charge < -0.3 is 10.5 Å². The Morgan fingerprint density at radius 2 is 2.28 bits per heavy atom. The molecule has 0 aliphatic rings. The molecular weight excluding hydrogens is 230 g/mol. The minimum absolute atomic E-state index is 0.299. The zero-order valence-corrected chi connectivity index (χ0v) is 9.52. The van der Waals surface area contributed by atoms with E-state index in [0.717, 1.165) is 0 Å². The van der Waals surface area contributed by atoms with E-state index < -0.39 is 0 Å². The fraction of sp³-hybridized carbons (Fsp3) is 0.0833. The van der Waals surface area contributed by atoms with Crippen molar-refractivity contribution in [1.29, 1.82) is 0 Å². The van der Waals surface area contributed by atoms with Crippen LogP contribution >= 0.6 is 0 Å². The topological polar surface area (TPSA) is 78.3 Å². The van der Waals surface area contributed by atoms with Crippen molar-refractivity contribution in [2.45, 2.75) is 6.61 Å². The maximum absolute atomic E-state index is 5.68. The Labute approximate surface area is 103 Å². The number of ether oxygens (including phenoxy) is 1. The average Bonchev–Trinajstić information content (AvgIpc) is 2.79. The standard InChI is InChI=1S/C12H11N5O/c13-9-3-5-17-12(6-9)15-11(16-17)8-18-10-2-1-4-14-7-10/h1-7H,8,13H2. The van der Waals surface area contributed by atoms with Crippen molar-refractivity contribution >= 4 is 11.3 Å². The van der Waals surface area contributed by atoms with E-state index in [1.165, 1.54) is 0 Å². The SMILES string of the molecule is Nc1ccn2nc(COc3cccnc3)nc2c1. The molecule has 3 heterocycles. The lowest BCUT2D eigenvalue weighted by Crippen LogP contribution is -1.98. The van der Waals surface area contributed by atoms with Gasteiger partial charge in [0, 0.05) is 24.1 Å². The lowest BCUT2D eigenvalue weighted by atomic mass is 10.4. The van der Waals surface area contributed by atoms with Crippen LogP contribution in [0.4, 0.5) is 5.69 Å². The molecule has 3 aromatic rings. The summed E-state index contributed by atoms with van der Waals surface area (Å²) in [6.45, 7) is 0.299. The highest BCUT2D eigenvalue weighted by Crippen LogP contribution is 2.10. The molecule has 6 nitrogen and oxygen atoms in total. The zero-order chi connectivity index (χ0) is 12.4. The molecular formula is C12H11N5O. The van der Waals surface area contributed by atoms with Gasteiger partial charge in [0.05, 0.1) is 6.20 Å². The van der Waals surface area contributed by atoms with E-state index in [4.69, 9.17) is 10.5 Å². The van der Waals surface area contributed by atoms with E-state index in [0.29, 0.717) is 29.5 Å². The molecule has 18 heavy (non-hydrogen) atoms. The maximum Gasteiger partial charge on any atom is 0.189 e. The number of hydrogen-bond acceptors (Lipinski definition) is 5. The Bertz CT molecular complexity index is 665. The van der Waals surface area contributed by atoms with Crippen LogP contribution in [-0.2, 0) is 6.61 Å². The molecule has 0 aromatic carbocycles. The summed E-state index contributed by atoms with van der Waals surface area (Å²) < 4.78 is 7.18. The number of nitrogens with two attached hydrogens (primary N) is 1. The molecule has 0 radical (unpaired) electrons. The van der Waals surface area contributed by atoms with Gasteiger partial charge in [-0.1, -0.05) is 0 Å².